The quantitative estimate of drug-likeness (QED) is 0.335. The molecule has 0 bridgehead atoms. The summed E-state index contributed by atoms with van der Waals surface area (Å²) in [5.41, 5.74) is 0. The Bertz CT molecular complexity index is 133. The molecule has 0 aromatic heterocycles. The van der Waals surface area contributed by atoms with Crippen LogP contribution in [-0.2, 0) is 9.53 Å². The molecule has 0 atom stereocenters. The zero-order chi connectivity index (χ0) is 7.82. The molecule has 0 fully saturated rings. The molecule has 0 spiro atoms. The van der Waals surface area contributed by atoms with Gasteiger partial charge in [-0.1, -0.05) is 19.3 Å². The third-order valence-electron chi connectivity index (χ3n) is 1.01. The lowest BCUT2D eigenvalue weighted by Gasteiger charge is -1.98. The van der Waals surface area contributed by atoms with Gasteiger partial charge in [0.25, 0.3) is 0 Å². The van der Waals surface area contributed by atoms with Crippen molar-refractivity contribution in [1.29, 1.82) is 0 Å². The lowest BCUT2D eigenvalue weighted by molar-refractivity contribution is -0.142. The van der Waals surface area contributed by atoms with Gasteiger partial charge in [0.2, 0.25) is 0 Å². The topological polar surface area (TPSA) is 26.3 Å². The van der Waals surface area contributed by atoms with E-state index in [4.69, 9.17) is 11.2 Å². The second-order valence-corrected chi connectivity index (χ2v) is 1.95. The molecule has 0 amide bonds. The van der Waals surface area contributed by atoms with Crippen LogP contribution in [0.4, 0.5) is 0 Å². The van der Waals surface area contributed by atoms with Crippen LogP contribution in [0.3, 0.4) is 0 Å². The van der Waals surface area contributed by atoms with Gasteiger partial charge in [0.05, 0.1) is 6.61 Å². The Labute approximate surface area is 61.6 Å². The Balaban J connectivity index is 3.15. The summed E-state index contributed by atoms with van der Waals surface area (Å²) in [5.74, 6) is 1.92. The number of ether oxygens (including phenoxy) is 1. The Morgan fingerprint density at radius 1 is 1.70 bits per heavy atom. The SMILES string of the molecule is C#CCC(=O)OCCCC. The van der Waals surface area contributed by atoms with Crippen molar-refractivity contribution in [3.8, 4) is 12.3 Å². The minimum Gasteiger partial charge on any atom is -0.465 e. The summed E-state index contributed by atoms with van der Waals surface area (Å²) in [6.45, 7) is 2.53. The summed E-state index contributed by atoms with van der Waals surface area (Å²) in [5, 5.41) is 0. The third-order valence-corrected chi connectivity index (χ3v) is 1.01. The number of terminal acetylenes is 1. The first kappa shape index (κ1) is 9.03. The summed E-state index contributed by atoms with van der Waals surface area (Å²) in [4.78, 5) is 10.6. The van der Waals surface area contributed by atoms with Crippen molar-refractivity contribution in [3.05, 3.63) is 0 Å². The molecule has 0 N–H and O–H groups in total. The first-order valence-electron chi connectivity index (χ1n) is 3.40. The van der Waals surface area contributed by atoms with Crippen LogP contribution >= 0.6 is 0 Å². The van der Waals surface area contributed by atoms with E-state index in [1.165, 1.54) is 0 Å². The molecule has 0 heterocycles. The Morgan fingerprint density at radius 2 is 2.40 bits per heavy atom. The number of carbonyl (C=O) groups is 1. The normalized spacial score (nSPS) is 8.40. The van der Waals surface area contributed by atoms with Crippen molar-refractivity contribution in [2.75, 3.05) is 6.61 Å². The lowest BCUT2D eigenvalue weighted by atomic mass is 10.4. The van der Waals surface area contributed by atoms with Gasteiger partial charge in [-0.15, -0.1) is 6.42 Å². The van der Waals surface area contributed by atoms with Gasteiger partial charge in [-0.2, -0.15) is 0 Å². The summed E-state index contributed by atoms with van der Waals surface area (Å²) >= 11 is 0. The fourth-order valence-corrected chi connectivity index (χ4v) is 0.465. The van der Waals surface area contributed by atoms with Crippen LogP contribution in [0, 0.1) is 12.3 Å². The van der Waals surface area contributed by atoms with E-state index in [0.29, 0.717) is 6.61 Å². The molecule has 0 radical (unpaired) electrons. The highest BCUT2D eigenvalue weighted by Crippen LogP contribution is 1.90. The van der Waals surface area contributed by atoms with Gasteiger partial charge in [0.15, 0.2) is 0 Å². The summed E-state index contributed by atoms with van der Waals surface area (Å²) in [6.07, 6.45) is 6.91. The molecule has 10 heavy (non-hydrogen) atoms. The van der Waals surface area contributed by atoms with Crippen molar-refractivity contribution in [3.63, 3.8) is 0 Å². The number of hydrogen-bond donors (Lipinski definition) is 0. The number of esters is 1. The van der Waals surface area contributed by atoms with Crippen LogP contribution in [0.1, 0.15) is 26.2 Å². The summed E-state index contributed by atoms with van der Waals surface area (Å²) < 4.78 is 4.74. The predicted octanol–water partition coefficient (Wildman–Crippen LogP) is 1.35. The van der Waals surface area contributed by atoms with Gasteiger partial charge in [0, 0.05) is 0 Å². The van der Waals surface area contributed by atoms with E-state index in [2.05, 4.69) is 5.92 Å². The van der Waals surface area contributed by atoms with Crippen molar-refractivity contribution in [2.24, 2.45) is 0 Å². The Kier molecular flexibility index (Phi) is 5.56. The number of rotatable bonds is 4. The van der Waals surface area contributed by atoms with Gasteiger partial charge in [0.1, 0.15) is 6.42 Å². The van der Waals surface area contributed by atoms with Gasteiger partial charge in [-0.05, 0) is 6.42 Å². The third kappa shape index (κ3) is 5.17. The average molecular weight is 140 g/mol. The van der Waals surface area contributed by atoms with Gasteiger partial charge in [-0.25, -0.2) is 0 Å². The molecule has 0 aliphatic carbocycles. The van der Waals surface area contributed by atoms with E-state index in [1.54, 1.807) is 0 Å². The van der Waals surface area contributed by atoms with E-state index >= 15 is 0 Å². The van der Waals surface area contributed by atoms with Gasteiger partial charge in [-0.3, -0.25) is 4.79 Å². The number of unbranched alkanes of at least 4 members (excludes halogenated alkanes) is 1. The Morgan fingerprint density at radius 3 is 2.90 bits per heavy atom. The van der Waals surface area contributed by atoms with E-state index in [1.807, 2.05) is 6.92 Å². The van der Waals surface area contributed by atoms with Crippen molar-refractivity contribution in [2.45, 2.75) is 26.2 Å². The van der Waals surface area contributed by atoms with Crippen LogP contribution in [0.2, 0.25) is 0 Å². The number of carbonyl (C=O) groups excluding carboxylic acids is 1. The highest BCUT2D eigenvalue weighted by atomic mass is 16.5. The van der Waals surface area contributed by atoms with Crippen LogP contribution < -0.4 is 0 Å². The average Bonchev–Trinajstić information content (AvgIpc) is 1.89. The molecule has 2 heteroatoms. The summed E-state index contributed by atoms with van der Waals surface area (Å²) in [6, 6.07) is 0. The molecule has 56 valence electrons. The molecular formula is C8H12O2. The molecule has 2 nitrogen and oxygen atoms in total. The highest BCUT2D eigenvalue weighted by molar-refractivity contribution is 5.72. The first-order chi connectivity index (χ1) is 4.81. The fraction of sp³-hybridized carbons (Fsp3) is 0.625. The summed E-state index contributed by atoms with van der Waals surface area (Å²) in [7, 11) is 0. The highest BCUT2D eigenvalue weighted by Gasteiger charge is 1.96. The minimum atomic E-state index is -0.295. The van der Waals surface area contributed by atoms with Crippen LogP contribution in [0.15, 0.2) is 0 Å². The molecule has 0 rings (SSSR count). The van der Waals surface area contributed by atoms with Crippen molar-refractivity contribution in [1.82, 2.24) is 0 Å². The molecule has 0 saturated heterocycles. The smallest absolute Gasteiger partial charge is 0.317 e. The first-order valence-corrected chi connectivity index (χ1v) is 3.40. The maximum absolute atomic E-state index is 10.6. The largest absolute Gasteiger partial charge is 0.465 e. The second-order valence-electron chi connectivity index (χ2n) is 1.95. The fourth-order valence-electron chi connectivity index (χ4n) is 0.465. The van der Waals surface area contributed by atoms with Crippen LogP contribution in [0.25, 0.3) is 0 Å². The monoisotopic (exact) mass is 140 g/mol. The second kappa shape index (κ2) is 6.15. The number of hydrogen-bond acceptors (Lipinski definition) is 2. The molecule has 0 aliphatic rings. The van der Waals surface area contributed by atoms with E-state index in [-0.39, 0.29) is 12.4 Å². The van der Waals surface area contributed by atoms with E-state index in [9.17, 15) is 4.79 Å². The molecule has 0 aromatic carbocycles. The maximum atomic E-state index is 10.6. The molecule has 0 saturated carbocycles. The maximum Gasteiger partial charge on any atom is 0.317 e. The predicted molar refractivity (Wildman–Crippen MR) is 39.3 cm³/mol. The van der Waals surface area contributed by atoms with E-state index < -0.39 is 0 Å². The minimum absolute atomic E-state index is 0.0870. The van der Waals surface area contributed by atoms with Crippen molar-refractivity contribution < 1.29 is 9.53 Å². The molecular weight excluding hydrogens is 128 g/mol. The van der Waals surface area contributed by atoms with Gasteiger partial charge >= 0.3 is 5.97 Å². The molecule has 0 aliphatic heterocycles. The standard InChI is InChI=1S/C8H12O2/c1-3-5-7-10-8(9)6-4-2/h2H,3,5-7H2,1H3. The molecule has 0 aromatic rings. The van der Waals surface area contributed by atoms with Gasteiger partial charge < -0.3 is 4.74 Å². The lowest BCUT2D eigenvalue weighted by Crippen LogP contribution is -2.03. The van der Waals surface area contributed by atoms with E-state index in [0.717, 1.165) is 12.8 Å². The zero-order valence-electron chi connectivity index (χ0n) is 6.22. The van der Waals surface area contributed by atoms with Crippen LogP contribution in [0.5, 0.6) is 0 Å². The zero-order valence-corrected chi connectivity index (χ0v) is 6.22. The van der Waals surface area contributed by atoms with Crippen molar-refractivity contribution >= 4 is 5.97 Å². The van der Waals surface area contributed by atoms with Crippen LogP contribution in [-0.4, -0.2) is 12.6 Å². The molecule has 0 unspecified atom stereocenters. The Hall–Kier alpha value is -0.970.